The maximum absolute atomic E-state index is 10.2. The highest BCUT2D eigenvalue weighted by atomic mass is 16.7. The fourth-order valence-electron chi connectivity index (χ4n) is 4.53. The average Bonchev–Trinajstić information content (AvgIpc) is 2.80. The van der Waals surface area contributed by atoms with E-state index in [0.29, 0.717) is 12.5 Å². The number of ether oxygens (including phenoxy) is 2. The van der Waals surface area contributed by atoms with Crippen molar-refractivity contribution < 1.29 is 29.9 Å². The minimum Gasteiger partial charge on any atom is -0.394 e. The van der Waals surface area contributed by atoms with E-state index in [2.05, 4.69) is 13.8 Å². The number of rotatable bonds is 20. The second-order valence-corrected chi connectivity index (χ2v) is 9.72. The molecule has 4 N–H and O–H groups in total. The Kier molecular flexibility index (Phi) is 17.8. The lowest BCUT2D eigenvalue weighted by molar-refractivity contribution is -0.303. The summed E-state index contributed by atoms with van der Waals surface area (Å²) in [4.78, 5) is 0. The fourth-order valence-corrected chi connectivity index (χ4v) is 4.53. The van der Waals surface area contributed by atoms with Gasteiger partial charge in [-0.05, 0) is 18.8 Å². The van der Waals surface area contributed by atoms with Crippen LogP contribution in [0.3, 0.4) is 0 Å². The topological polar surface area (TPSA) is 99.4 Å². The Morgan fingerprint density at radius 2 is 1.12 bits per heavy atom. The lowest BCUT2D eigenvalue weighted by Crippen LogP contribution is -2.59. The SMILES string of the molecule is CCCCCCCCCCC(CCCCCCCC)CO[C@@H]1O[C@H](CO)[C@H](O)[C@H](O)[C@H]1O. The van der Waals surface area contributed by atoms with Crippen LogP contribution in [0.1, 0.15) is 117 Å². The van der Waals surface area contributed by atoms with Gasteiger partial charge in [-0.3, -0.25) is 0 Å². The van der Waals surface area contributed by atoms with E-state index in [1.807, 2.05) is 0 Å². The normalized spacial score (nSPS) is 27.0. The predicted molar refractivity (Wildman–Crippen MR) is 128 cm³/mol. The molecule has 0 aromatic rings. The molecule has 0 amide bonds. The molecule has 0 bridgehead atoms. The molecule has 0 spiro atoms. The molecule has 6 atom stereocenters. The summed E-state index contributed by atoms with van der Waals surface area (Å²) < 4.78 is 11.4. The smallest absolute Gasteiger partial charge is 0.186 e. The predicted octanol–water partition coefficient (Wildman–Crippen LogP) is 4.70. The second-order valence-electron chi connectivity index (χ2n) is 9.72. The van der Waals surface area contributed by atoms with Crippen LogP contribution in [0.2, 0.25) is 0 Å². The molecule has 0 aromatic carbocycles. The van der Waals surface area contributed by atoms with E-state index in [1.165, 1.54) is 89.9 Å². The number of unbranched alkanes of at least 4 members (excludes halogenated alkanes) is 12. The van der Waals surface area contributed by atoms with Crippen molar-refractivity contribution in [3.05, 3.63) is 0 Å². The standard InChI is InChI=1S/C26H52O6/c1-3-5-7-9-11-12-14-16-18-21(17-15-13-10-8-6-4-2)20-31-26-25(30)24(29)23(28)22(19-27)32-26/h21-30H,3-20H2,1-2H3/t21?,22-,23+,24+,25-,26-/m1/s1. The van der Waals surface area contributed by atoms with Gasteiger partial charge in [-0.2, -0.15) is 0 Å². The molecule has 6 heteroatoms. The molecule has 1 saturated heterocycles. The van der Waals surface area contributed by atoms with Crippen molar-refractivity contribution in [2.24, 2.45) is 5.92 Å². The van der Waals surface area contributed by atoms with Crippen molar-refractivity contribution in [3.8, 4) is 0 Å². The molecule has 0 saturated carbocycles. The molecule has 0 aromatic heterocycles. The van der Waals surface area contributed by atoms with Crippen LogP contribution in [0, 0.1) is 5.92 Å². The Bertz CT molecular complexity index is 419. The molecule has 6 nitrogen and oxygen atoms in total. The fraction of sp³-hybridized carbons (Fsp3) is 1.00. The molecule has 1 aliphatic rings. The van der Waals surface area contributed by atoms with E-state index in [0.717, 1.165) is 12.8 Å². The summed E-state index contributed by atoms with van der Waals surface area (Å²) in [5, 5.41) is 39.5. The van der Waals surface area contributed by atoms with Crippen LogP contribution in [0.25, 0.3) is 0 Å². The van der Waals surface area contributed by atoms with Gasteiger partial charge in [0.25, 0.3) is 0 Å². The maximum atomic E-state index is 10.2. The van der Waals surface area contributed by atoms with Gasteiger partial charge in [-0.25, -0.2) is 0 Å². The lowest BCUT2D eigenvalue weighted by Gasteiger charge is -2.40. The molecule has 1 rings (SSSR count). The van der Waals surface area contributed by atoms with Gasteiger partial charge in [0.05, 0.1) is 13.2 Å². The van der Waals surface area contributed by atoms with E-state index in [-0.39, 0.29) is 0 Å². The van der Waals surface area contributed by atoms with Crippen LogP contribution in [0.15, 0.2) is 0 Å². The van der Waals surface area contributed by atoms with Crippen LogP contribution in [-0.2, 0) is 9.47 Å². The van der Waals surface area contributed by atoms with Gasteiger partial charge in [0.2, 0.25) is 0 Å². The van der Waals surface area contributed by atoms with Crippen LogP contribution >= 0.6 is 0 Å². The van der Waals surface area contributed by atoms with E-state index in [1.54, 1.807) is 0 Å². The third-order valence-corrected chi connectivity index (χ3v) is 6.78. The summed E-state index contributed by atoms with van der Waals surface area (Å²) in [7, 11) is 0. The molecule has 1 unspecified atom stereocenters. The van der Waals surface area contributed by atoms with Gasteiger partial charge < -0.3 is 29.9 Å². The zero-order chi connectivity index (χ0) is 23.6. The zero-order valence-electron chi connectivity index (χ0n) is 20.8. The Hall–Kier alpha value is -0.240. The first-order valence-corrected chi connectivity index (χ1v) is 13.5. The maximum Gasteiger partial charge on any atom is 0.186 e. The highest BCUT2D eigenvalue weighted by molar-refractivity contribution is 4.89. The van der Waals surface area contributed by atoms with Gasteiger partial charge in [0.15, 0.2) is 6.29 Å². The van der Waals surface area contributed by atoms with Crippen molar-refractivity contribution in [1.82, 2.24) is 0 Å². The molecule has 32 heavy (non-hydrogen) atoms. The number of aliphatic hydroxyl groups excluding tert-OH is 4. The third kappa shape index (κ3) is 12.3. The molecule has 1 fully saturated rings. The summed E-state index contributed by atoms with van der Waals surface area (Å²) in [5.74, 6) is 0.397. The Morgan fingerprint density at radius 3 is 1.59 bits per heavy atom. The summed E-state index contributed by atoms with van der Waals surface area (Å²) in [6.07, 6.45) is 14.2. The first kappa shape index (κ1) is 29.8. The Balaban J connectivity index is 2.40. The van der Waals surface area contributed by atoms with Crippen LogP contribution in [0.5, 0.6) is 0 Å². The first-order valence-electron chi connectivity index (χ1n) is 13.5. The largest absolute Gasteiger partial charge is 0.394 e. The highest BCUT2D eigenvalue weighted by Crippen LogP contribution is 2.25. The van der Waals surface area contributed by atoms with Crippen LogP contribution in [0.4, 0.5) is 0 Å². The van der Waals surface area contributed by atoms with Crippen molar-refractivity contribution in [2.75, 3.05) is 13.2 Å². The van der Waals surface area contributed by atoms with Crippen molar-refractivity contribution in [1.29, 1.82) is 0 Å². The Labute approximate surface area is 196 Å². The van der Waals surface area contributed by atoms with Gasteiger partial charge in [-0.1, -0.05) is 104 Å². The van der Waals surface area contributed by atoms with Gasteiger partial charge in [-0.15, -0.1) is 0 Å². The molecule has 192 valence electrons. The number of hydrogen-bond acceptors (Lipinski definition) is 6. The van der Waals surface area contributed by atoms with E-state index >= 15 is 0 Å². The third-order valence-electron chi connectivity index (χ3n) is 6.78. The highest BCUT2D eigenvalue weighted by Gasteiger charge is 2.44. The minimum absolute atomic E-state index is 0.397. The van der Waals surface area contributed by atoms with E-state index < -0.39 is 37.3 Å². The summed E-state index contributed by atoms with van der Waals surface area (Å²) in [6, 6.07) is 0. The van der Waals surface area contributed by atoms with Crippen LogP contribution < -0.4 is 0 Å². The minimum atomic E-state index is -1.38. The molecular weight excluding hydrogens is 408 g/mol. The van der Waals surface area contributed by atoms with Crippen molar-refractivity contribution in [2.45, 2.75) is 147 Å². The summed E-state index contributed by atoms with van der Waals surface area (Å²) >= 11 is 0. The summed E-state index contributed by atoms with van der Waals surface area (Å²) in [6.45, 7) is 4.52. The zero-order valence-corrected chi connectivity index (χ0v) is 20.8. The van der Waals surface area contributed by atoms with Crippen molar-refractivity contribution >= 4 is 0 Å². The van der Waals surface area contributed by atoms with E-state index in [9.17, 15) is 20.4 Å². The molecular formula is C26H52O6. The second kappa shape index (κ2) is 19.1. The van der Waals surface area contributed by atoms with Crippen molar-refractivity contribution in [3.63, 3.8) is 0 Å². The average molecular weight is 461 g/mol. The monoisotopic (exact) mass is 460 g/mol. The molecule has 1 heterocycles. The first-order chi connectivity index (χ1) is 15.5. The van der Waals surface area contributed by atoms with Crippen LogP contribution in [-0.4, -0.2) is 64.3 Å². The van der Waals surface area contributed by atoms with Gasteiger partial charge >= 0.3 is 0 Å². The van der Waals surface area contributed by atoms with E-state index in [4.69, 9.17) is 9.47 Å². The number of aliphatic hydroxyl groups is 4. The molecule has 1 aliphatic heterocycles. The Morgan fingerprint density at radius 1 is 0.656 bits per heavy atom. The molecule has 0 aliphatic carbocycles. The molecule has 0 radical (unpaired) electrons. The summed E-state index contributed by atoms with van der Waals surface area (Å²) in [5.41, 5.74) is 0. The lowest BCUT2D eigenvalue weighted by atomic mass is 9.94. The number of hydrogen-bond donors (Lipinski definition) is 4. The van der Waals surface area contributed by atoms with Gasteiger partial charge in [0.1, 0.15) is 24.4 Å². The quantitative estimate of drug-likeness (QED) is 0.197. The van der Waals surface area contributed by atoms with Gasteiger partial charge in [0, 0.05) is 0 Å².